The van der Waals surface area contributed by atoms with Crippen LogP contribution in [0.5, 0.6) is 17.2 Å². The van der Waals surface area contributed by atoms with E-state index in [0.717, 1.165) is 41.5 Å². The first-order valence-corrected chi connectivity index (χ1v) is 6.11. The van der Waals surface area contributed by atoms with E-state index >= 15 is 0 Å². The van der Waals surface area contributed by atoms with Crippen LogP contribution in [0.2, 0.25) is 0 Å². The molecule has 1 aromatic carbocycles. The Morgan fingerprint density at radius 2 is 2.11 bits per heavy atom. The van der Waals surface area contributed by atoms with Gasteiger partial charge >= 0.3 is 0 Å². The Morgan fingerprint density at radius 1 is 1.39 bits per heavy atom. The molecule has 0 radical (unpaired) electrons. The highest BCUT2D eigenvalue weighted by Crippen LogP contribution is 2.38. The number of nitrogens with one attached hydrogen (secondary N) is 1. The minimum atomic E-state index is 0.278. The molecule has 2 rings (SSSR count). The van der Waals surface area contributed by atoms with Gasteiger partial charge in [0.2, 0.25) is 6.79 Å². The van der Waals surface area contributed by atoms with E-state index < -0.39 is 0 Å². The molecule has 98 valence electrons. The predicted molar refractivity (Wildman–Crippen MR) is 70.3 cm³/mol. The van der Waals surface area contributed by atoms with Gasteiger partial charge in [0.15, 0.2) is 11.5 Å². The minimum absolute atomic E-state index is 0.278. The summed E-state index contributed by atoms with van der Waals surface area (Å²) in [4.78, 5) is 0. The van der Waals surface area contributed by atoms with Crippen LogP contribution in [0.3, 0.4) is 0 Å². The first-order chi connectivity index (χ1) is 8.70. The summed E-state index contributed by atoms with van der Waals surface area (Å²) in [6.07, 6.45) is 0. The van der Waals surface area contributed by atoms with Gasteiger partial charge in [0.25, 0.3) is 0 Å². The Balaban J connectivity index is 2.20. The highest BCUT2D eigenvalue weighted by molar-refractivity contribution is 5.51. The Bertz CT molecular complexity index is 443. The van der Waals surface area contributed by atoms with E-state index in [9.17, 15) is 0 Å². The molecule has 1 heterocycles. The van der Waals surface area contributed by atoms with Crippen molar-refractivity contribution >= 4 is 0 Å². The third-order valence-electron chi connectivity index (χ3n) is 2.60. The third kappa shape index (κ3) is 2.96. The maximum Gasteiger partial charge on any atom is 0.231 e. The van der Waals surface area contributed by atoms with Crippen molar-refractivity contribution in [1.82, 2.24) is 5.32 Å². The summed E-state index contributed by atoms with van der Waals surface area (Å²) in [6, 6.07) is 3.86. The highest BCUT2D eigenvalue weighted by Gasteiger charge is 2.17. The zero-order valence-electron chi connectivity index (χ0n) is 10.9. The fourth-order valence-electron chi connectivity index (χ4n) is 1.70. The van der Waals surface area contributed by atoms with Crippen LogP contribution in [0.25, 0.3) is 0 Å². The number of ether oxygens (including phenoxy) is 3. The summed E-state index contributed by atoms with van der Waals surface area (Å²) in [7, 11) is 0. The Morgan fingerprint density at radius 3 is 2.78 bits per heavy atom. The molecule has 0 atom stereocenters. The first-order valence-electron chi connectivity index (χ1n) is 6.11. The monoisotopic (exact) mass is 249 g/mol. The molecule has 0 fully saturated rings. The zero-order chi connectivity index (χ0) is 13.0. The molecule has 0 spiro atoms. The van der Waals surface area contributed by atoms with Gasteiger partial charge in [-0.05, 0) is 25.1 Å². The Hall–Kier alpha value is -1.68. The fraction of sp³-hybridized carbons (Fsp3) is 0.429. The van der Waals surface area contributed by atoms with E-state index in [-0.39, 0.29) is 6.79 Å². The van der Waals surface area contributed by atoms with E-state index in [1.165, 1.54) is 0 Å². The lowest BCUT2D eigenvalue weighted by Gasteiger charge is -2.13. The lowest BCUT2D eigenvalue weighted by Crippen LogP contribution is -2.13. The van der Waals surface area contributed by atoms with Gasteiger partial charge in [-0.25, -0.2) is 0 Å². The second-order valence-electron chi connectivity index (χ2n) is 4.34. The van der Waals surface area contributed by atoms with Crippen LogP contribution in [0.1, 0.15) is 19.4 Å². The van der Waals surface area contributed by atoms with E-state index in [1.807, 2.05) is 19.1 Å². The lowest BCUT2D eigenvalue weighted by molar-refractivity contribution is 0.174. The van der Waals surface area contributed by atoms with Gasteiger partial charge < -0.3 is 19.5 Å². The summed E-state index contributed by atoms with van der Waals surface area (Å²) < 4.78 is 16.5. The molecule has 1 aromatic rings. The summed E-state index contributed by atoms with van der Waals surface area (Å²) in [5, 5.41) is 3.28. The largest absolute Gasteiger partial charge is 0.489 e. The third-order valence-corrected chi connectivity index (χ3v) is 2.60. The van der Waals surface area contributed by atoms with Gasteiger partial charge in [-0.3, -0.25) is 0 Å². The molecule has 0 bridgehead atoms. The van der Waals surface area contributed by atoms with Crippen LogP contribution in [0, 0.1) is 0 Å². The summed E-state index contributed by atoms with van der Waals surface area (Å²) in [6.45, 7) is 10.3. The molecule has 4 heteroatoms. The van der Waals surface area contributed by atoms with E-state index in [0.29, 0.717) is 6.61 Å². The summed E-state index contributed by atoms with van der Waals surface area (Å²) >= 11 is 0. The molecule has 4 nitrogen and oxygen atoms in total. The van der Waals surface area contributed by atoms with Crippen molar-refractivity contribution in [3.8, 4) is 17.2 Å². The molecule has 1 N–H and O–H groups in total. The Labute approximate surface area is 108 Å². The maximum atomic E-state index is 5.75. The molecule has 0 aromatic heterocycles. The van der Waals surface area contributed by atoms with Crippen LogP contribution >= 0.6 is 0 Å². The van der Waals surface area contributed by atoms with Crippen molar-refractivity contribution in [1.29, 1.82) is 0 Å². The molecular formula is C14H19NO3. The van der Waals surface area contributed by atoms with Crippen molar-refractivity contribution in [3.63, 3.8) is 0 Å². The molecule has 0 unspecified atom stereocenters. The second-order valence-corrected chi connectivity index (χ2v) is 4.34. The van der Waals surface area contributed by atoms with Crippen LogP contribution in [0.4, 0.5) is 0 Å². The smallest absolute Gasteiger partial charge is 0.231 e. The first kappa shape index (κ1) is 12.8. The molecule has 0 saturated carbocycles. The average molecular weight is 249 g/mol. The topological polar surface area (TPSA) is 39.7 Å². The van der Waals surface area contributed by atoms with Gasteiger partial charge in [-0.15, -0.1) is 0 Å². The second kappa shape index (κ2) is 5.78. The van der Waals surface area contributed by atoms with Gasteiger partial charge in [-0.1, -0.05) is 13.5 Å². The number of rotatable bonds is 6. The van der Waals surface area contributed by atoms with Crippen molar-refractivity contribution in [2.45, 2.75) is 20.4 Å². The summed E-state index contributed by atoms with van der Waals surface area (Å²) in [5.74, 6) is 2.35. The number of fused-ring (bicyclic) bond motifs is 1. The molecule has 0 saturated heterocycles. The van der Waals surface area contributed by atoms with Crippen molar-refractivity contribution < 1.29 is 14.2 Å². The van der Waals surface area contributed by atoms with Crippen molar-refractivity contribution in [2.24, 2.45) is 0 Å². The summed E-state index contributed by atoms with van der Waals surface area (Å²) in [5.41, 5.74) is 2.06. The minimum Gasteiger partial charge on any atom is -0.489 e. The lowest BCUT2D eigenvalue weighted by atomic mass is 10.1. The maximum absolute atomic E-state index is 5.75. The van der Waals surface area contributed by atoms with Crippen LogP contribution in [0.15, 0.2) is 24.3 Å². The number of benzene rings is 1. The van der Waals surface area contributed by atoms with Gasteiger partial charge in [0, 0.05) is 18.2 Å². The van der Waals surface area contributed by atoms with E-state index in [2.05, 4.69) is 18.8 Å². The average Bonchev–Trinajstić information content (AvgIpc) is 2.79. The quantitative estimate of drug-likeness (QED) is 0.786. The van der Waals surface area contributed by atoms with Crippen molar-refractivity contribution in [3.05, 3.63) is 29.8 Å². The molecular weight excluding hydrogens is 230 g/mol. The predicted octanol–water partition coefficient (Wildman–Crippen LogP) is 2.48. The normalized spacial score (nSPS) is 12.6. The molecule has 18 heavy (non-hydrogen) atoms. The number of hydrogen-bond donors (Lipinski definition) is 1. The van der Waals surface area contributed by atoms with Crippen LogP contribution < -0.4 is 19.5 Å². The highest BCUT2D eigenvalue weighted by atomic mass is 16.7. The van der Waals surface area contributed by atoms with E-state index in [4.69, 9.17) is 14.2 Å². The van der Waals surface area contributed by atoms with E-state index in [1.54, 1.807) is 0 Å². The van der Waals surface area contributed by atoms with Crippen LogP contribution in [-0.4, -0.2) is 19.9 Å². The van der Waals surface area contributed by atoms with Crippen molar-refractivity contribution in [2.75, 3.05) is 19.9 Å². The molecule has 1 aliphatic heterocycles. The number of hydrogen-bond acceptors (Lipinski definition) is 4. The molecule has 0 amide bonds. The fourth-order valence-corrected chi connectivity index (χ4v) is 1.70. The van der Waals surface area contributed by atoms with Gasteiger partial charge in [-0.2, -0.15) is 0 Å². The Kier molecular flexibility index (Phi) is 4.10. The molecule has 0 aliphatic carbocycles. The van der Waals surface area contributed by atoms with Gasteiger partial charge in [0.05, 0.1) is 0 Å². The standard InChI is InChI=1S/C14H19NO3/c1-4-15-7-11-5-13-14(18-9-17-13)6-12(11)16-8-10(2)3/h5-6,15H,2,4,7-9H2,1,3H3. The molecule has 1 aliphatic rings. The zero-order valence-corrected chi connectivity index (χ0v) is 10.9. The van der Waals surface area contributed by atoms with Crippen LogP contribution in [-0.2, 0) is 6.54 Å². The SMILES string of the molecule is C=C(C)COc1cc2c(cc1CNCC)OCO2. The van der Waals surface area contributed by atoms with Gasteiger partial charge in [0.1, 0.15) is 12.4 Å².